The number of nitrogens with zero attached hydrogens (tertiary/aromatic N) is 2. The van der Waals surface area contributed by atoms with Crippen LogP contribution in [0.3, 0.4) is 0 Å². The van der Waals surface area contributed by atoms with Crippen LogP contribution in [0.2, 0.25) is 0 Å². The number of carbonyl (C=O) groups is 1. The first-order valence-corrected chi connectivity index (χ1v) is 5.35. The topological polar surface area (TPSA) is 82.2 Å². The van der Waals surface area contributed by atoms with Crippen LogP contribution in [0.25, 0.3) is 0 Å². The Labute approximate surface area is 94.8 Å². The minimum atomic E-state index is -0.403. The summed E-state index contributed by atoms with van der Waals surface area (Å²) in [6.07, 6.45) is 3.37. The third-order valence-corrected chi connectivity index (χ3v) is 2.08. The van der Waals surface area contributed by atoms with E-state index in [1.54, 1.807) is 17.1 Å². The van der Waals surface area contributed by atoms with E-state index >= 15 is 0 Å². The van der Waals surface area contributed by atoms with Crippen LogP contribution >= 0.6 is 0 Å². The van der Waals surface area contributed by atoms with E-state index in [0.717, 1.165) is 0 Å². The molecule has 90 valence electrons. The van der Waals surface area contributed by atoms with E-state index in [9.17, 15) is 4.79 Å². The number of primary amides is 1. The molecule has 1 atom stereocenters. The van der Waals surface area contributed by atoms with Gasteiger partial charge in [-0.3, -0.25) is 9.48 Å². The number of carbonyl (C=O) groups excluding carboxylic acids is 1. The van der Waals surface area contributed by atoms with Gasteiger partial charge in [0.25, 0.3) is 0 Å². The van der Waals surface area contributed by atoms with E-state index in [1.807, 2.05) is 13.8 Å². The predicted molar refractivity (Wildman–Crippen MR) is 60.1 cm³/mol. The van der Waals surface area contributed by atoms with Gasteiger partial charge >= 0.3 is 0 Å². The van der Waals surface area contributed by atoms with Gasteiger partial charge in [-0.2, -0.15) is 5.10 Å². The van der Waals surface area contributed by atoms with Crippen molar-refractivity contribution >= 4 is 5.91 Å². The van der Waals surface area contributed by atoms with Gasteiger partial charge in [0.1, 0.15) is 6.04 Å². The summed E-state index contributed by atoms with van der Waals surface area (Å²) in [5.41, 5.74) is 5.26. The summed E-state index contributed by atoms with van der Waals surface area (Å²) in [6.45, 7) is 5.52. The van der Waals surface area contributed by atoms with Crippen molar-refractivity contribution in [1.82, 2.24) is 15.1 Å². The summed E-state index contributed by atoms with van der Waals surface area (Å²) < 4.78 is 6.91. The van der Waals surface area contributed by atoms with Gasteiger partial charge in [0, 0.05) is 0 Å². The fraction of sp³-hybridized carbons (Fsp3) is 0.600. The number of hydrogen-bond donors (Lipinski definition) is 2. The Balaban J connectivity index is 2.58. The molecule has 1 aromatic heterocycles. The second kappa shape index (κ2) is 6.12. The van der Waals surface area contributed by atoms with E-state index in [2.05, 4.69) is 10.4 Å². The standard InChI is InChI=1S/C10H18N4O2/c1-3-12-9(10(11)15)7-14-6-8(5-13-14)16-4-2/h5-6,9,12H,3-4,7H2,1-2H3,(H2,11,15). The van der Waals surface area contributed by atoms with Gasteiger partial charge in [0.2, 0.25) is 5.91 Å². The molecular formula is C10H18N4O2. The number of aromatic nitrogens is 2. The number of rotatable bonds is 7. The zero-order chi connectivity index (χ0) is 12.0. The molecule has 0 saturated carbocycles. The van der Waals surface area contributed by atoms with Crippen LogP contribution in [-0.2, 0) is 11.3 Å². The number of hydrogen-bond acceptors (Lipinski definition) is 4. The largest absolute Gasteiger partial charge is 0.491 e. The predicted octanol–water partition coefficient (Wildman–Crippen LogP) is -0.255. The van der Waals surface area contributed by atoms with Crippen molar-refractivity contribution in [2.24, 2.45) is 5.73 Å². The summed E-state index contributed by atoms with van der Waals surface area (Å²) in [6, 6.07) is -0.403. The van der Waals surface area contributed by atoms with Crippen molar-refractivity contribution < 1.29 is 9.53 Å². The summed E-state index contributed by atoms with van der Waals surface area (Å²) in [5.74, 6) is 0.317. The van der Waals surface area contributed by atoms with E-state index in [4.69, 9.17) is 10.5 Å². The highest BCUT2D eigenvalue weighted by atomic mass is 16.5. The fourth-order valence-electron chi connectivity index (χ4n) is 1.37. The van der Waals surface area contributed by atoms with Crippen LogP contribution in [-0.4, -0.2) is 34.9 Å². The van der Waals surface area contributed by atoms with Gasteiger partial charge in [-0.05, 0) is 13.5 Å². The van der Waals surface area contributed by atoms with Crippen LogP contribution in [0.5, 0.6) is 5.75 Å². The average Bonchev–Trinajstić information content (AvgIpc) is 2.65. The zero-order valence-corrected chi connectivity index (χ0v) is 9.64. The molecule has 1 rings (SSSR count). The lowest BCUT2D eigenvalue weighted by Gasteiger charge is -2.13. The summed E-state index contributed by atoms with van der Waals surface area (Å²) in [4.78, 5) is 11.1. The average molecular weight is 226 g/mol. The molecule has 3 N–H and O–H groups in total. The number of nitrogens with one attached hydrogen (secondary N) is 1. The monoisotopic (exact) mass is 226 g/mol. The molecule has 1 aromatic rings. The molecule has 0 aliphatic rings. The lowest BCUT2D eigenvalue weighted by molar-refractivity contribution is -0.120. The van der Waals surface area contributed by atoms with Gasteiger partial charge in [-0.25, -0.2) is 0 Å². The van der Waals surface area contributed by atoms with Crippen molar-refractivity contribution in [2.75, 3.05) is 13.2 Å². The first-order valence-electron chi connectivity index (χ1n) is 5.35. The maximum atomic E-state index is 11.1. The molecule has 0 fully saturated rings. The summed E-state index contributed by atoms with van der Waals surface area (Å²) in [7, 11) is 0. The maximum absolute atomic E-state index is 11.1. The van der Waals surface area contributed by atoms with E-state index in [1.165, 1.54) is 0 Å². The summed E-state index contributed by atoms with van der Waals surface area (Å²) >= 11 is 0. The minimum Gasteiger partial charge on any atom is -0.491 e. The first-order chi connectivity index (χ1) is 7.67. The third-order valence-electron chi connectivity index (χ3n) is 2.08. The number of likely N-dealkylation sites (N-methyl/N-ethyl adjacent to an activating group) is 1. The molecule has 0 saturated heterocycles. The van der Waals surface area contributed by atoms with Crippen molar-refractivity contribution in [1.29, 1.82) is 0 Å². The van der Waals surface area contributed by atoms with Gasteiger partial charge in [-0.1, -0.05) is 6.92 Å². The maximum Gasteiger partial charge on any atom is 0.236 e. The molecule has 1 unspecified atom stereocenters. The number of ether oxygens (including phenoxy) is 1. The molecule has 16 heavy (non-hydrogen) atoms. The number of amides is 1. The Bertz CT molecular complexity index is 337. The highest BCUT2D eigenvalue weighted by molar-refractivity contribution is 5.79. The van der Waals surface area contributed by atoms with E-state index < -0.39 is 6.04 Å². The quantitative estimate of drug-likeness (QED) is 0.671. The molecule has 6 heteroatoms. The second-order valence-electron chi connectivity index (χ2n) is 3.34. The summed E-state index contributed by atoms with van der Waals surface area (Å²) in [5, 5.41) is 7.08. The molecule has 6 nitrogen and oxygen atoms in total. The molecule has 0 bridgehead atoms. The molecule has 0 aliphatic carbocycles. The Morgan fingerprint density at radius 3 is 3.00 bits per heavy atom. The molecule has 1 heterocycles. The molecule has 0 radical (unpaired) electrons. The Hall–Kier alpha value is -1.56. The van der Waals surface area contributed by atoms with Crippen molar-refractivity contribution in [3.63, 3.8) is 0 Å². The Morgan fingerprint density at radius 1 is 1.69 bits per heavy atom. The van der Waals surface area contributed by atoms with Crippen LogP contribution < -0.4 is 15.8 Å². The highest BCUT2D eigenvalue weighted by Gasteiger charge is 2.14. The van der Waals surface area contributed by atoms with E-state index in [0.29, 0.717) is 25.4 Å². The van der Waals surface area contributed by atoms with Crippen molar-refractivity contribution in [3.05, 3.63) is 12.4 Å². The smallest absolute Gasteiger partial charge is 0.236 e. The van der Waals surface area contributed by atoms with Crippen LogP contribution in [0, 0.1) is 0 Å². The van der Waals surface area contributed by atoms with E-state index in [-0.39, 0.29) is 5.91 Å². The molecule has 1 amide bonds. The van der Waals surface area contributed by atoms with Gasteiger partial charge in [0.05, 0.1) is 25.5 Å². The molecule has 0 aliphatic heterocycles. The lowest BCUT2D eigenvalue weighted by Crippen LogP contribution is -2.44. The van der Waals surface area contributed by atoms with Crippen molar-refractivity contribution in [2.45, 2.75) is 26.4 Å². The SMILES string of the molecule is CCNC(Cn1cc(OCC)cn1)C(N)=O. The second-order valence-corrected chi connectivity index (χ2v) is 3.34. The van der Waals surface area contributed by atoms with Gasteiger partial charge < -0.3 is 15.8 Å². The Morgan fingerprint density at radius 2 is 2.44 bits per heavy atom. The van der Waals surface area contributed by atoms with Crippen molar-refractivity contribution in [3.8, 4) is 5.75 Å². The fourth-order valence-corrected chi connectivity index (χ4v) is 1.37. The molecule has 0 spiro atoms. The van der Waals surface area contributed by atoms with Crippen LogP contribution in [0.1, 0.15) is 13.8 Å². The normalized spacial score (nSPS) is 12.4. The third kappa shape index (κ3) is 3.54. The van der Waals surface area contributed by atoms with Gasteiger partial charge in [-0.15, -0.1) is 0 Å². The molecular weight excluding hydrogens is 208 g/mol. The number of nitrogens with two attached hydrogens (primary N) is 1. The highest BCUT2D eigenvalue weighted by Crippen LogP contribution is 2.08. The minimum absolute atomic E-state index is 0.379. The zero-order valence-electron chi connectivity index (χ0n) is 9.64. The lowest BCUT2D eigenvalue weighted by atomic mass is 10.3. The van der Waals surface area contributed by atoms with Gasteiger partial charge in [0.15, 0.2) is 5.75 Å². The first kappa shape index (κ1) is 12.5. The van der Waals surface area contributed by atoms with Crippen LogP contribution in [0.4, 0.5) is 0 Å². The van der Waals surface area contributed by atoms with Crippen LogP contribution in [0.15, 0.2) is 12.4 Å². The Kier molecular flexibility index (Phi) is 4.78. The molecule has 0 aromatic carbocycles.